The van der Waals surface area contributed by atoms with Gasteiger partial charge in [0.25, 0.3) is 0 Å². The minimum atomic E-state index is -3.30. The number of carbonyl (C=O) groups is 1. The van der Waals surface area contributed by atoms with E-state index in [2.05, 4.69) is 21.1 Å². The Balaban J connectivity index is 1.41. The normalized spacial score (nSPS) is 18.7. The Bertz CT molecular complexity index is 758. The highest BCUT2D eigenvalue weighted by Crippen LogP contribution is 2.20. The van der Waals surface area contributed by atoms with Crippen LogP contribution in [0.15, 0.2) is 12.1 Å². The molecule has 8 heteroatoms. The first-order chi connectivity index (χ1) is 12.9. The molecule has 0 bridgehead atoms. The fraction of sp³-hybridized carbons (Fsp3) is 0.684. The second-order valence-electron chi connectivity index (χ2n) is 7.56. The lowest BCUT2D eigenvalue weighted by molar-refractivity contribution is -0.118. The summed E-state index contributed by atoms with van der Waals surface area (Å²) in [7, 11) is -3.30. The number of aryl methyl sites for hydroxylation is 2. The highest BCUT2D eigenvalue weighted by atomic mass is 32.2. The Morgan fingerprint density at radius 3 is 2.85 bits per heavy atom. The van der Waals surface area contributed by atoms with Gasteiger partial charge in [0.2, 0.25) is 10.0 Å². The van der Waals surface area contributed by atoms with Crippen molar-refractivity contribution < 1.29 is 13.2 Å². The zero-order chi connectivity index (χ0) is 19.3. The van der Waals surface area contributed by atoms with Crippen molar-refractivity contribution in [2.75, 3.05) is 38.0 Å². The average Bonchev–Trinajstić information content (AvgIpc) is 2.65. The summed E-state index contributed by atoms with van der Waals surface area (Å²) in [5.41, 5.74) is 2.27. The summed E-state index contributed by atoms with van der Waals surface area (Å²) in [5, 5.41) is 2.97. The van der Waals surface area contributed by atoms with Gasteiger partial charge in [-0.3, -0.25) is 9.69 Å². The van der Waals surface area contributed by atoms with Crippen LogP contribution in [0.3, 0.4) is 0 Å². The van der Waals surface area contributed by atoms with Crippen LogP contribution < -0.4 is 10.0 Å². The summed E-state index contributed by atoms with van der Waals surface area (Å²) in [6.07, 6.45) is 4.87. The fourth-order valence-electron chi connectivity index (χ4n) is 3.80. The van der Waals surface area contributed by atoms with Gasteiger partial charge in [0.1, 0.15) is 11.6 Å². The van der Waals surface area contributed by atoms with Crippen LogP contribution in [0.2, 0.25) is 0 Å². The molecule has 0 unspecified atom stereocenters. The summed E-state index contributed by atoms with van der Waals surface area (Å²) in [4.78, 5) is 17.9. The number of fused-ring (bicyclic) bond motifs is 1. The van der Waals surface area contributed by atoms with E-state index < -0.39 is 10.0 Å². The van der Waals surface area contributed by atoms with E-state index >= 15 is 0 Å². The van der Waals surface area contributed by atoms with E-state index in [0.29, 0.717) is 39.0 Å². The average molecular weight is 395 g/mol. The lowest BCUT2D eigenvalue weighted by Crippen LogP contribution is -2.44. The Kier molecular flexibility index (Phi) is 6.83. The molecule has 1 aromatic heterocycles. The molecule has 2 N–H and O–H groups in total. The first-order valence-electron chi connectivity index (χ1n) is 9.87. The molecule has 1 fully saturated rings. The summed E-state index contributed by atoms with van der Waals surface area (Å²) in [6, 6.07) is 4.17. The summed E-state index contributed by atoms with van der Waals surface area (Å²) < 4.78 is 27.8. The van der Waals surface area contributed by atoms with Crippen molar-refractivity contribution in [1.82, 2.24) is 14.6 Å². The van der Waals surface area contributed by atoms with Crippen molar-refractivity contribution in [1.29, 1.82) is 0 Å². The number of pyridine rings is 1. The van der Waals surface area contributed by atoms with Crippen LogP contribution in [-0.2, 0) is 27.7 Å². The van der Waals surface area contributed by atoms with Gasteiger partial charge in [0.05, 0.1) is 11.8 Å². The Hall–Kier alpha value is -1.51. The maximum Gasteiger partial charge on any atom is 0.214 e. The lowest BCUT2D eigenvalue weighted by Gasteiger charge is -2.30. The maximum atomic E-state index is 12.5. The van der Waals surface area contributed by atoms with Crippen LogP contribution >= 0.6 is 0 Å². The maximum absolute atomic E-state index is 12.5. The van der Waals surface area contributed by atoms with Crippen molar-refractivity contribution in [2.24, 2.45) is 0 Å². The van der Waals surface area contributed by atoms with E-state index in [1.165, 1.54) is 5.56 Å². The number of sulfonamides is 1. The number of nitrogens with one attached hydrogen (secondary N) is 2. The van der Waals surface area contributed by atoms with E-state index in [1.54, 1.807) is 6.92 Å². The monoisotopic (exact) mass is 394 g/mol. The van der Waals surface area contributed by atoms with Gasteiger partial charge in [-0.25, -0.2) is 18.1 Å². The van der Waals surface area contributed by atoms with Gasteiger partial charge in [-0.2, -0.15) is 0 Å². The van der Waals surface area contributed by atoms with Crippen molar-refractivity contribution >= 4 is 21.6 Å². The lowest BCUT2D eigenvalue weighted by atomic mass is 10.1. The number of ketones is 1. The molecule has 150 valence electrons. The van der Waals surface area contributed by atoms with Crippen molar-refractivity contribution in [3.63, 3.8) is 0 Å². The second-order valence-corrected chi connectivity index (χ2v) is 9.61. The number of carbonyl (C=O) groups excluding carboxylic acids is 1. The standard InChI is InChI=1S/C19H30N4O3S/c1-15(24)14-23-12-8-18(9-13-23)27(25,26)21-11-3-5-17-7-6-16-4-2-10-20-19(16)22-17/h6-7,18,21H,2-5,8-14H2,1H3,(H,20,22). The third-order valence-corrected chi connectivity index (χ3v) is 7.24. The molecule has 1 aromatic rings. The van der Waals surface area contributed by atoms with Crippen LogP contribution in [0, 0.1) is 0 Å². The van der Waals surface area contributed by atoms with Crippen molar-refractivity contribution in [3.05, 3.63) is 23.4 Å². The molecule has 0 amide bonds. The van der Waals surface area contributed by atoms with Crippen LogP contribution in [0.25, 0.3) is 0 Å². The van der Waals surface area contributed by atoms with Gasteiger partial charge in [-0.05, 0) is 70.2 Å². The molecular formula is C19H30N4O3S. The van der Waals surface area contributed by atoms with Gasteiger partial charge in [0, 0.05) is 18.8 Å². The minimum absolute atomic E-state index is 0.125. The number of hydrogen-bond donors (Lipinski definition) is 2. The largest absolute Gasteiger partial charge is 0.370 e. The van der Waals surface area contributed by atoms with E-state index in [4.69, 9.17) is 0 Å². The molecule has 3 heterocycles. The molecule has 0 aromatic carbocycles. The Morgan fingerprint density at radius 1 is 1.33 bits per heavy atom. The first-order valence-corrected chi connectivity index (χ1v) is 11.4. The van der Waals surface area contributed by atoms with Gasteiger partial charge in [-0.1, -0.05) is 6.07 Å². The van der Waals surface area contributed by atoms with Gasteiger partial charge >= 0.3 is 0 Å². The van der Waals surface area contributed by atoms with Crippen molar-refractivity contribution in [2.45, 2.75) is 50.7 Å². The van der Waals surface area contributed by atoms with Gasteiger partial charge < -0.3 is 5.32 Å². The summed E-state index contributed by atoms with van der Waals surface area (Å²) >= 11 is 0. The highest BCUT2D eigenvalue weighted by molar-refractivity contribution is 7.90. The molecule has 7 nitrogen and oxygen atoms in total. The molecule has 0 spiro atoms. The van der Waals surface area contributed by atoms with Gasteiger partial charge in [-0.15, -0.1) is 0 Å². The molecule has 0 radical (unpaired) electrons. The number of likely N-dealkylation sites (tertiary alicyclic amines) is 1. The number of rotatable bonds is 8. The molecule has 0 atom stereocenters. The second kappa shape index (κ2) is 9.12. The molecule has 1 saturated heterocycles. The van der Waals surface area contributed by atoms with Crippen LogP contribution in [-0.4, -0.2) is 62.1 Å². The Labute approximate surface area is 162 Å². The van der Waals surface area contributed by atoms with Crippen LogP contribution in [0.1, 0.15) is 43.9 Å². The quantitative estimate of drug-likeness (QED) is 0.647. The Morgan fingerprint density at radius 2 is 2.11 bits per heavy atom. The summed E-state index contributed by atoms with van der Waals surface area (Å²) in [5.74, 6) is 1.11. The summed E-state index contributed by atoms with van der Waals surface area (Å²) in [6.45, 7) is 4.71. The zero-order valence-corrected chi connectivity index (χ0v) is 16.9. The number of anilines is 1. The third kappa shape index (κ3) is 5.73. The number of piperidine rings is 1. The molecule has 0 aliphatic carbocycles. The van der Waals surface area contributed by atoms with Crippen LogP contribution in [0.4, 0.5) is 5.82 Å². The number of hydrogen-bond acceptors (Lipinski definition) is 6. The zero-order valence-electron chi connectivity index (χ0n) is 16.0. The third-order valence-electron chi connectivity index (χ3n) is 5.28. The van der Waals surface area contributed by atoms with E-state index in [1.807, 2.05) is 11.0 Å². The predicted octanol–water partition coefficient (Wildman–Crippen LogP) is 1.35. The van der Waals surface area contributed by atoms with Crippen molar-refractivity contribution in [3.8, 4) is 0 Å². The minimum Gasteiger partial charge on any atom is -0.370 e. The molecule has 27 heavy (non-hydrogen) atoms. The topological polar surface area (TPSA) is 91.4 Å². The highest BCUT2D eigenvalue weighted by Gasteiger charge is 2.29. The van der Waals surface area contributed by atoms with Gasteiger partial charge in [0.15, 0.2) is 0 Å². The molecule has 0 saturated carbocycles. The first kappa shape index (κ1) is 20.2. The SMILES string of the molecule is CC(=O)CN1CCC(S(=O)(=O)NCCCc2ccc3c(n2)NCCC3)CC1. The van der Waals surface area contributed by atoms with E-state index in [-0.39, 0.29) is 11.0 Å². The number of aromatic nitrogens is 1. The van der Waals surface area contributed by atoms with Crippen LogP contribution in [0.5, 0.6) is 0 Å². The molecule has 2 aliphatic rings. The molecule has 2 aliphatic heterocycles. The smallest absolute Gasteiger partial charge is 0.214 e. The van der Waals surface area contributed by atoms with E-state index in [0.717, 1.165) is 43.7 Å². The van der Waals surface area contributed by atoms with E-state index in [9.17, 15) is 13.2 Å². The fourth-order valence-corrected chi connectivity index (χ4v) is 5.30. The predicted molar refractivity (Wildman–Crippen MR) is 106 cm³/mol. The molecule has 3 rings (SSSR count). The number of nitrogens with zero attached hydrogens (tertiary/aromatic N) is 2. The molecular weight excluding hydrogens is 364 g/mol. The number of Topliss-reactive ketones (excluding diaryl/α,β-unsaturated/α-hetero) is 1.